The minimum absolute atomic E-state index is 0.0674. The summed E-state index contributed by atoms with van der Waals surface area (Å²) < 4.78 is 30.1. The number of rotatable bonds is 6. The van der Waals surface area contributed by atoms with E-state index in [0.29, 0.717) is 12.8 Å². The number of sulfonamides is 1. The monoisotopic (exact) mass is 250 g/mol. The predicted molar refractivity (Wildman–Crippen MR) is 59.2 cm³/mol. The largest absolute Gasteiger partial charge is 0.466 e. The van der Waals surface area contributed by atoms with Gasteiger partial charge in [-0.2, -0.15) is 0 Å². The number of carbonyl (C=O) groups excluding carboxylic acids is 1. The lowest BCUT2D eigenvalue weighted by Crippen LogP contribution is -2.50. The van der Waals surface area contributed by atoms with Gasteiger partial charge in [0.2, 0.25) is 10.0 Å². The first kappa shape index (κ1) is 13.4. The highest BCUT2D eigenvalue weighted by Crippen LogP contribution is 2.18. The molecule has 0 aromatic carbocycles. The summed E-state index contributed by atoms with van der Waals surface area (Å²) in [6.45, 7) is 1.95. The molecule has 0 bridgehead atoms. The highest BCUT2D eigenvalue weighted by molar-refractivity contribution is 7.89. The van der Waals surface area contributed by atoms with E-state index in [1.54, 1.807) is 6.92 Å². The molecule has 6 nitrogen and oxygen atoms in total. The second-order valence-corrected chi connectivity index (χ2v) is 5.79. The van der Waals surface area contributed by atoms with Crippen LogP contribution in [0.5, 0.6) is 0 Å². The van der Waals surface area contributed by atoms with Crippen LogP contribution in [0.3, 0.4) is 0 Å². The van der Waals surface area contributed by atoms with Crippen LogP contribution < -0.4 is 10.5 Å². The smallest absolute Gasteiger partial charge is 0.306 e. The molecule has 1 aliphatic rings. The standard InChI is InChI=1S/C9H18N2O4S/c1-2-15-9(12)3-4-16(13,14)11-8-5-7(10)6-8/h7-8,11H,2-6,10H2,1H3. The lowest BCUT2D eigenvalue weighted by molar-refractivity contribution is -0.142. The normalized spacial score (nSPS) is 24.9. The molecule has 0 heterocycles. The average molecular weight is 250 g/mol. The van der Waals surface area contributed by atoms with Crippen molar-refractivity contribution in [3.63, 3.8) is 0 Å². The van der Waals surface area contributed by atoms with E-state index < -0.39 is 16.0 Å². The molecule has 1 rings (SSSR count). The summed E-state index contributed by atoms with van der Waals surface area (Å²) in [4.78, 5) is 11.0. The van der Waals surface area contributed by atoms with Gasteiger partial charge in [-0.1, -0.05) is 0 Å². The molecule has 7 heteroatoms. The molecule has 94 valence electrons. The van der Waals surface area contributed by atoms with Crippen LogP contribution in [0.2, 0.25) is 0 Å². The maximum absolute atomic E-state index is 11.5. The zero-order valence-corrected chi connectivity index (χ0v) is 10.1. The third kappa shape index (κ3) is 4.46. The number of esters is 1. The first-order valence-electron chi connectivity index (χ1n) is 5.34. The molecule has 1 aliphatic carbocycles. The molecular formula is C9H18N2O4S. The second kappa shape index (κ2) is 5.60. The zero-order chi connectivity index (χ0) is 12.2. The van der Waals surface area contributed by atoms with Crippen LogP contribution in [0.15, 0.2) is 0 Å². The van der Waals surface area contributed by atoms with Gasteiger partial charge in [-0.15, -0.1) is 0 Å². The molecule has 0 saturated heterocycles. The molecule has 16 heavy (non-hydrogen) atoms. The van der Waals surface area contributed by atoms with Gasteiger partial charge in [0.15, 0.2) is 0 Å². The second-order valence-electron chi connectivity index (χ2n) is 3.92. The van der Waals surface area contributed by atoms with Crippen molar-refractivity contribution in [3.8, 4) is 0 Å². The number of hydrogen-bond donors (Lipinski definition) is 2. The van der Waals surface area contributed by atoms with Crippen molar-refractivity contribution in [2.45, 2.75) is 38.3 Å². The van der Waals surface area contributed by atoms with Crippen LogP contribution in [0.25, 0.3) is 0 Å². The molecule has 3 N–H and O–H groups in total. The van der Waals surface area contributed by atoms with Crippen molar-refractivity contribution < 1.29 is 17.9 Å². The van der Waals surface area contributed by atoms with Gasteiger partial charge in [0.25, 0.3) is 0 Å². The van der Waals surface area contributed by atoms with E-state index in [4.69, 9.17) is 5.73 Å². The van der Waals surface area contributed by atoms with Crippen molar-refractivity contribution in [1.82, 2.24) is 4.72 Å². The number of carbonyl (C=O) groups is 1. The number of nitrogens with two attached hydrogens (primary N) is 1. The highest BCUT2D eigenvalue weighted by Gasteiger charge is 2.29. The van der Waals surface area contributed by atoms with Gasteiger partial charge in [-0.25, -0.2) is 13.1 Å². The van der Waals surface area contributed by atoms with Crippen molar-refractivity contribution in [2.75, 3.05) is 12.4 Å². The molecule has 0 aliphatic heterocycles. The van der Waals surface area contributed by atoms with Gasteiger partial charge in [-0.3, -0.25) is 4.79 Å². The molecular weight excluding hydrogens is 232 g/mol. The Hall–Kier alpha value is -0.660. The number of nitrogens with one attached hydrogen (secondary N) is 1. The van der Waals surface area contributed by atoms with E-state index >= 15 is 0 Å². The fourth-order valence-corrected chi connectivity index (χ4v) is 2.78. The van der Waals surface area contributed by atoms with E-state index in [1.165, 1.54) is 0 Å². The summed E-state index contributed by atoms with van der Waals surface area (Å²) in [5.74, 6) is -0.712. The van der Waals surface area contributed by atoms with Crippen molar-refractivity contribution in [1.29, 1.82) is 0 Å². The maximum atomic E-state index is 11.5. The predicted octanol–water partition coefficient (Wildman–Crippen LogP) is -0.651. The van der Waals surface area contributed by atoms with Gasteiger partial charge < -0.3 is 10.5 Å². The Morgan fingerprint density at radius 1 is 1.50 bits per heavy atom. The Labute approximate surface area is 95.6 Å². The van der Waals surface area contributed by atoms with E-state index in [-0.39, 0.29) is 30.9 Å². The Bertz CT molecular complexity index is 335. The van der Waals surface area contributed by atoms with Crippen LogP contribution in [0, 0.1) is 0 Å². The Kier molecular flexibility index (Phi) is 4.69. The molecule has 1 saturated carbocycles. The summed E-state index contributed by atoms with van der Waals surface area (Å²) in [6, 6.07) is 0.0277. The van der Waals surface area contributed by atoms with Crippen molar-refractivity contribution >= 4 is 16.0 Å². The van der Waals surface area contributed by atoms with Crippen LogP contribution in [0.1, 0.15) is 26.2 Å². The van der Waals surface area contributed by atoms with Gasteiger partial charge in [-0.05, 0) is 19.8 Å². The molecule has 0 aromatic rings. The van der Waals surface area contributed by atoms with Crippen LogP contribution in [-0.4, -0.2) is 38.8 Å². The summed E-state index contributed by atoms with van der Waals surface area (Å²) in [6.07, 6.45) is 1.22. The topological polar surface area (TPSA) is 98.5 Å². The van der Waals surface area contributed by atoms with E-state index in [2.05, 4.69) is 9.46 Å². The van der Waals surface area contributed by atoms with Crippen LogP contribution >= 0.6 is 0 Å². The number of hydrogen-bond acceptors (Lipinski definition) is 5. The minimum atomic E-state index is -3.38. The van der Waals surface area contributed by atoms with Gasteiger partial charge >= 0.3 is 5.97 Å². The van der Waals surface area contributed by atoms with Crippen LogP contribution in [0.4, 0.5) is 0 Å². The molecule has 0 radical (unpaired) electrons. The van der Waals surface area contributed by atoms with E-state index in [9.17, 15) is 13.2 Å². The first-order valence-corrected chi connectivity index (χ1v) is 6.99. The van der Waals surface area contributed by atoms with E-state index in [0.717, 1.165) is 0 Å². The Morgan fingerprint density at radius 3 is 2.62 bits per heavy atom. The Morgan fingerprint density at radius 2 is 2.12 bits per heavy atom. The summed E-state index contributed by atoms with van der Waals surface area (Å²) in [7, 11) is -3.38. The van der Waals surface area contributed by atoms with Gasteiger partial charge in [0.05, 0.1) is 18.8 Å². The SMILES string of the molecule is CCOC(=O)CCS(=O)(=O)NC1CC(N)C1. The molecule has 0 spiro atoms. The fourth-order valence-electron chi connectivity index (χ4n) is 1.52. The van der Waals surface area contributed by atoms with Crippen molar-refractivity contribution in [2.24, 2.45) is 5.73 Å². The van der Waals surface area contributed by atoms with Crippen LogP contribution in [-0.2, 0) is 19.6 Å². The lowest BCUT2D eigenvalue weighted by atomic mass is 9.89. The summed E-state index contributed by atoms with van der Waals surface area (Å²) >= 11 is 0. The lowest BCUT2D eigenvalue weighted by Gasteiger charge is -2.32. The third-order valence-electron chi connectivity index (χ3n) is 2.40. The quantitative estimate of drug-likeness (QED) is 0.610. The molecule has 0 amide bonds. The fraction of sp³-hybridized carbons (Fsp3) is 0.889. The van der Waals surface area contributed by atoms with E-state index in [1.807, 2.05) is 0 Å². The van der Waals surface area contributed by atoms with Gasteiger partial charge in [0.1, 0.15) is 0 Å². The maximum Gasteiger partial charge on any atom is 0.306 e. The number of ether oxygens (including phenoxy) is 1. The summed E-state index contributed by atoms with van der Waals surface area (Å²) in [5, 5.41) is 0. The Balaban J connectivity index is 2.26. The van der Waals surface area contributed by atoms with Crippen molar-refractivity contribution in [3.05, 3.63) is 0 Å². The first-order chi connectivity index (χ1) is 7.43. The molecule has 1 fully saturated rings. The molecule has 0 unspecified atom stereocenters. The molecule has 0 atom stereocenters. The average Bonchev–Trinajstić information content (AvgIpc) is 2.13. The highest BCUT2D eigenvalue weighted by atomic mass is 32.2. The summed E-state index contributed by atoms with van der Waals surface area (Å²) in [5.41, 5.74) is 5.54. The zero-order valence-electron chi connectivity index (χ0n) is 9.31. The third-order valence-corrected chi connectivity index (χ3v) is 3.84. The van der Waals surface area contributed by atoms with Gasteiger partial charge in [0, 0.05) is 12.1 Å². The molecule has 0 aromatic heterocycles. The minimum Gasteiger partial charge on any atom is -0.466 e.